The first-order valence-electron chi connectivity index (χ1n) is 5.55. The molecule has 5 nitrogen and oxygen atoms in total. The summed E-state index contributed by atoms with van der Waals surface area (Å²) in [6.45, 7) is 5.82. The van der Waals surface area contributed by atoms with Gasteiger partial charge in [-0.15, -0.1) is 0 Å². The standard InChI is InChI=1S/C12H16N2O3/c1-6(2)8-7(3)17-11-9(8)10(15)13(4)12(16)14(11)5/h6H,1-5H3. The number of rotatable bonds is 1. The molecular formula is C12H16N2O3. The molecule has 0 aliphatic rings. The van der Waals surface area contributed by atoms with Gasteiger partial charge in [-0.25, -0.2) is 4.79 Å². The zero-order valence-electron chi connectivity index (χ0n) is 10.7. The van der Waals surface area contributed by atoms with Crippen molar-refractivity contribution in [1.29, 1.82) is 0 Å². The monoisotopic (exact) mass is 236 g/mol. The molecule has 2 rings (SSSR count). The van der Waals surface area contributed by atoms with Gasteiger partial charge in [0.25, 0.3) is 5.56 Å². The fraction of sp³-hybridized carbons (Fsp3) is 0.500. The van der Waals surface area contributed by atoms with Gasteiger partial charge < -0.3 is 4.42 Å². The van der Waals surface area contributed by atoms with Crippen LogP contribution in [0.25, 0.3) is 11.1 Å². The van der Waals surface area contributed by atoms with E-state index in [1.54, 1.807) is 7.05 Å². The Hall–Kier alpha value is -1.78. The number of fused-ring (bicyclic) bond motifs is 1. The van der Waals surface area contributed by atoms with Crippen LogP contribution in [0.5, 0.6) is 0 Å². The molecule has 2 aromatic heterocycles. The van der Waals surface area contributed by atoms with E-state index in [0.717, 1.165) is 10.1 Å². The van der Waals surface area contributed by atoms with Crippen LogP contribution < -0.4 is 11.2 Å². The van der Waals surface area contributed by atoms with Crippen molar-refractivity contribution in [3.8, 4) is 0 Å². The Morgan fingerprint density at radius 2 is 1.71 bits per heavy atom. The molecule has 0 unspecified atom stereocenters. The molecule has 5 heteroatoms. The van der Waals surface area contributed by atoms with Gasteiger partial charge >= 0.3 is 5.69 Å². The molecule has 2 aromatic rings. The Kier molecular flexibility index (Phi) is 2.49. The molecule has 0 aliphatic heterocycles. The number of hydrogen-bond acceptors (Lipinski definition) is 3. The van der Waals surface area contributed by atoms with Gasteiger partial charge in [-0.1, -0.05) is 13.8 Å². The van der Waals surface area contributed by atoms with Gasteiger partial charge in [-0.2, -0.15) is 0 Å². The summed E-state index contributed by atoms with van der Waals surface area (Å²) in [7, 11) is 3.09. The molecule has 17 heavy (non-hydrogen) atoms. The van der Waals surface area contributed by atoms with Gasteiger partial charge in [0.05, 0.1) is 0 Å². The fourth-order valence-electron chi connectivity index (χ4n) is 2.25. The minimum absolute atomic E-state index is 0.182. The Morgan fingerprint density at radius 3 is 2.24 bits per heavy atom. The lowest BCUT2D eigenvalue weighted by Crippen LogP contribution is -2.36. The van der Waals surface area contributed by atoms with Crippen molar-refractivity contribution in [2.24, 2.45) is 14.1 Å². The van der Waals surface area contributed by atoms with E-state index in [-0.39, 0.29) is 17.2 Å². The quantitative estimate of drug-likeness (QED) is 0.749. The summed E-state index contributed by atoms with van der Waals surface area (Å²) in [6, 6.07) is 0. The molecule has 0 aliphatic carbocycles. The molecule has 0 fully saturated rings. The molecule has 0 saturated heterocycles. The third-order valence-corrected chi connectivity index (χ3v) is 3.09. The second-order valence-corrected chi connectivity index (χ2v) is 4.61. The molecule has 0 spiro atoms. The number of hydrogen-bond donors (Lipinski definition) is 0. The molecule has 0 aromatic carbocycles. The molecule has 0 radical (unpaired) electrons. The third kappa shape index (κ3) is 1.45. The van der Waals surface area contributed by atoms with E-state index in [1.807, 2.05) is 20.8 Å². The van der Waals surface area contributed by atoms with Crippen molar-refractivity contribution in [1.82, 2.24) is 9.13 Å². The summed E-state index contributed by atoms with van der Waals surface area (Å²) in [5, 5.41) is 0.516. The van der Waals surface area contributed by atoms with Crippen molar-refractivity contribution in [3.05, 3.63) is 32.2 Å². The summed E-state index contributed by atoms with van der Waals surface area (Å²) in [4.78, 5) is 23.9. The topological polar surface area (TPSA) is 57.1 Å². The van der Waals surface area contributed by atoms with Gasteiger partial charge in [0.15, 0.2) is 0 Å². The summed E-state index contributed by atoms with van der Waals surface area (Å²) in [6.07, 6.45) is 0. The van der Waals surface area contributed by atoms with E-state index in [9.17, 15) is 9.59 Å². The molecule has 0 amide bonds. The van der Waals surface area contributed by atoms with Gasteiger partial charge in [-0.3, -0.25) is 13.9 Å². The van der Waals surface area contributed by atoms with Crippen LogP contribution in [0.4, 0.5) is 0 Å². The zero-order valence-corrected chi connectivity index (χ0v) is 10.7. The van der Waals surface area contributed by atoms with Crippen molar-refractivity contribution < 1.29 is 4.42 Å². The van der Waals surface area contributed by atoms with Crippen molar-refractivity contribution in [2.75, 3.05) is 0 Å². The van der Waals surface area contributed by atoms with Crippen LogP contribution in [0.1, 0.15) is 31.1 Å². The van der Waals surface area contributed by atoms with Gasteiger partial charge in [0.1, 0.15) is 11.1 Å². The predicted molar refractivity (Wildman–Crippen MR) is 65.5 cm³/mol. The van der Waals surface area contributed by atoms with Crippen LogP contribution in [0.3, 0.4) is 0 Å². The molecule has 0 saturated carbocycles. The van der Waals surface area contributed by atoms with Crippen LogP contribution >= 0.6 is 0 Å². The van der Waals surface area contributed by atoms with Crippen LogP contribution in [-0.4, -0.2) is 9.13 Å². The first-order valence-corrected chi connectivity index (χ1v) is 5.55. The van der Waals surface area contributed by atoms with Crippen LogP contribution in [0, 0.1) is 6.92 Å². The summed E-state index contributed by atoms with van der Waals surface area (Å²) >= 11 is 0. The minimum Gasteiger partial charge on any atom is -0.444 e. The molecule has 0 bridgehead atoms. The number of aromatic nitrogens is 2. The fourth-order valence-corrected chi connectivity index (χ4v) is 2.25. The Balaban J connectivity index is 3.13. The highest BCUT2D eigenvalue weighted by molar-refractivity contribution is 5.79. The maximum absolute atomic E-state index is 12.1. The Bertz CT molecular complexity index is 701. The second kappa shape index (κ2) is 3.61. The second-order valence-electron chi connectivity index (χ2n) is 4.61. The van der Waals surface area contributed by atoms with Gasteiger partial charge in [0.2, 0.25) is 5.71 Å². The molecule has 0 N–H and O–H groups in total. The SMILES string of the molecule is Cc1oc2c(c1C(C)C)c(=O)n(C)c(=O)n2C. The van der Waals surface area contributed by atoms with Crippen molar-refractivity contribution in [2.45, 2.75) is 26.7 Å². The lowest BCUT2D eigenvalue weighted by atomic mass is 10.0. The lowest BCUT2D eigenvalue weighted by Gasteiger charge is -2.05. The van der Waals surface area contributed by atoms with E-state index < -0.39 is 0 Å². The Morgan fingerprint density at radius 1 is 1.12 bits per heavy atom. The van der Waals surface area contributed by atoms with E-state index in [4.69, 9.17) is 4.42 Å². The molecule has 0 atom stereocenters. The summed E-state index contributed by atoms with van der Waals surface area (Å²) in [5.74, 6) is 0.884. The molecule has 92 valence electrons. The van der Waals surface area contributed by atoms with E-state index in [2.05, 4.69) is 0 Å². The molecular weight excluding hydrogens is 220 g/mol. The van der Waals surface area contributed by atoms with E-state index in [0.29, 0.717) is 16.9 Å². The normalized spacial score (nSPS) is 11.6. The maximum Gasteiger partial charge on any atom is 0.333 e. The van der Waals surface area contributed by atoms with Gasteiger partial charge in [-0.05, 0) is 12.8 Å². The first-order chi connectivity index (χ1) is 7.86. The number of aryl methyl sites for hydroxylation is 2. The van der Waals surface area contributed by atoms with Crippen LogP contribution in [0.15, 0.2) is 14.0 Å². The first kappa shape index (κ1) is 11.7. The highest BCUT2D eigenvalue weighted by Crippen LogP contribution is 2.27. The minimum atomic E-state index is -0.369. The Labute approximate surface area is 98.3 Å². The average Bonchev–Trinajstić information content (AvgIpc) is 2.61. The maximum atomic E-state index is 12.1. The number of furan rings is 1. The average molecular weight is 236 g/mol. The van der Waals surface area contributed by atoms with Gasteiger partial charge in [0, 0.05) is 19.7 Å². The summed E-state index contributed by atoms with van der Waals surface area (Å²) in [5.41, 5.74) is 0.589. The van der Waals surface area contributed by atoms with E-state index >= 15 is 0 Å². The smallest absolute Gasteiger partial charge is 0.333 e. The van der Waals surface area contributed by atoms with Crippen LogP contribution in [0.2, 0.25) is 0 Å². The number of nitrogens with zero attached hydrogens (tertiary/aromatic N) is 2. The third-order valence-electron chi connectivity index (χ3n) is 3.09. The van der Waals surface area contributed by atoms with E-state index in [1.165, 1.54) is 11.6 Å². The zero-order chi connectivity index (χ0) is 12.9. The van der Waals surface area contributed by atoms with Crippen molar-refractivity contribution in [3.63, 3.8) is 0 Å². The largest absolute Gasteiger partial charge is 0.444 e. The van der Waals surface area contributed by atoms with Crippen LogP contribution in [-0.2, 0) is 14.1 Å². The van der Waals surface area contributed by atoms with Crippen molar-refractivity contribution >= 4 is 11.1 Å². The predicted octanol–water partition coefficient (Wildman–Crippen LogP) is 1.26. The molecule has 2 heterocycles. The summed E-state index contributed by atoms with van der Waals surface area (Å²) < 4.78 is 8.04. The lowest BCUT2D eigenvalue weighted by molar-refractivity contribution is 0.531. The highest BCUT2D eigenvalue weighted by atomic mass is 16.3. The highest BCUT2D eigenvalue weighted by Gasteiger charge is 2.20.